The fraction of sp³-hybridized carbons (Fsp3) is 0.963. The summed E-state index contributed by atoms with van der Waals surface area (Å²) in [4.78, 5) is 13.0. The van der Waals surface area contributed by atoms with Crippen molar-refractivity contribution in [3.05, 3.63) is 0 Å². The Bertz CT molecular complexity index is 710. The zero-order valence-electron chi connectivity index (χ0n) is 23.4. The topological polar surface area (TPSA) is 104 Å². The molecule has 0 radical (unpaired) electrons. The Labute approximate surface area is 218 Å². The van der Waals surface area contributed by atoms with Gasteiger partial charge in [0, 0.05) is 26.1 Å². The second kappa shape index (κ2) is 12.5. The standard InChI is InChI=1S/C27H50O8Si/c1-17-8-9-18-13-25(23(29)16-28)34-26(30)15-21-12-22(35-36(6,7)27(2,3)4)11-20(32-21)10-19(31-5)14-24(17)33-18/h17-25,28-29H,8-16H2,1-7H3/t17-,18?,19-,20+,21?,22+,23+,24+,25?/m0/s1. The van der Waals surface area contributed by atoms with Crippen molar-refractivity contribution in [2.75, 3.05) is 13.7 Å². The van der Waals surface area contributed by atoms with E-state index in [-0.39, 0.29) is 48.1 Å². The summed E-state index contributed by atoms with van der Waals surface area (Å²) in [6.07, 6.45) is 2.64. The molecule has 210 valence electrons. The van der Waals surface area contributed by atoms with E-state index in [9.17, 15) is 15.0 Å². The maximum atomic E-state index is 13.0. The van der Waals surface area contributed by atoms with Crippen LogP contribution in [0, 0.1) is 5.92 Å². The van der Waals surface area contributed by atoms with Crippen molar-refractivity contribution >= 4 is 14.3 Å². The number of rotatable bonds is 5. The number of hydrogen-bond acceptors (Lipinski definition) is 8. The summed E-state index contributed by atoms with van der Waals surface area (Å²) >= 11 is 0. The van der Waals surface area contributed by atoms with Crippen LogP contribution in [-0.2, 0) is 28.2 Å². The molecule has 4 bridgehead atoms. The third-order valence-corrected chi connectivity index (χ3v) is 13.3. The molecule has 0 aliphatic carbocycles. The molecule has 3 heterocycles. The Balaban J connectivity index is 1.84. The average molecular weight is 531 g/mol. The predicted octanol–water partition coefficient (Wildman–Crippen LogP) is 3.96. The first-order chi connectivity index (χ1) is 16.8. The van der Waals surface area contributed by atoms with Crippen LogP contribution >= 0.6 is 0 Å². The van der Waals surface area contributed by atoms with Crippen molar-refractivity contribution in [3.8, 4) is 0 Å². The average Bonchev–Trinajstić information content (AvgIpc) is 2.77. The molecule has 9 atom stereocenters. The molecule has 2 N–H and O–H groups in total. The number of ether oxygens (including phenoxy) is 4. The van der Waals surface area contributed by atoms with Gasteiger partial charge >= 0.3 is 5.97 Å². The number of carbonyl (C=O) groups is 1. The molecule has 0 amide bonds. The van der Waals surface area contributed by atoms with Crippen LogP contribution in [0.25, 0.3) is 0 Å². The van der Waals surface area contributed by atoms with Crippen LogP contribution in [0.5, 0.6) is 0 Å². The van der Waals surface area contributed by atoms with Gasteiger partial charge in [-0.25, -0.2) is 0 Å². The highest BCUT2D eigenvalue weighted by atomic mass is 28.4. The van der Waals surface area contributed by atoms with Gasteiger partial charge in [0.05, 0.1) is 43.5 Å². The largest absolute Gasteiger partial charge is 0.459 e. The second-order valence-electron chi connectivity index (χ2n) is 12.8. The van der Waals surface area contributed by atoms with Crippen molar-refractivity contribution in [2.45, 2.75) is 146 Å². The molecule has 0 aromatic carbocycles. The Morgan fingerprint density at radius 1 is 1.00 bits per heavy atom. The van der Waals surface area contributed by atoms with E-state index in [1.165, 1.54) is 0 Å². The summed E-state index contributed by atoms with van der Waals surface area (Å²) in [5.41, 5.74) is 0. The van der Waals surface area contributed by atoms with Gasteiger partial charge in [0.2, 0.25) is 0 Å². The van der Waals surface area contributed by atoms with Crippen molar-refractivity contribution < 1.29 is 38.4 Å². The molecule has 8 nitrogen and oxygen atoms in total. The van der Waals surface area contributed by atoms with Crippen molar-refractivity contribution in [3.63, 3.8) is 0 Å². The van der Waals surface area contributed by atoms with Crippen LogP contribution in [0.1, 0.15) is 79.1 Å². The molecule has 3 saturated heterocycles. The maximum absolute atomic E-state index is 13.0. The molecule has 36 heavy (non-hydrogen) atoms. The second-order valence-corrected chi connectivity index (χ2v) is 17.5. The smallest absolute Gasteiger partial charge is 0.308 e. The molecule has 0 aromatic rings. The van der Waals surface area contributed by atoms with Gasteiger partial charge in [0.25, 0.3) is 0 Å². The van der Waals surface area contributed by atoms with E-state index >= 15 is 0 Å². The van der Waals surface area contributed by atoms with Gasteiger partial charge in [-0.15, -0.1) is 0 Å². The Morgan fingerprint density at radius 3 is 2.31 bits per heavy atom. The van der Waals surface area contributed by atoms with Gasteiger partial charge in [-0.05, 0) is 56.2 Å². The van der Waals surface area contributed by atoms with Crippen molar-refractivity contribution in [1.29, 1.82) is 0 Å². The zero-order valence-corrected chi connectivity index (χ0v) is 24.4. The Hall–Kier alpha value is -0.553. The van der Waals surface area contributed by atoms with Gasteiger partial charge in [0.15, 0.2) is 8.32 Å². The van der Waals surface area contributed by atoms with E-state index in [2.05, 4.69) is 40.8 Å². The van der Waals surface area contributed by atoms with E-state index in [0.29, 0.717) is 18.8 Å². The summed E-state index contributed by atoms with van der Waals surface area (Å²) in [5.74, 6) is -0.0458. The number of esters is 1. The summed E-state index contributed by atoms with van der Waals surface area (Å²) in [5, 5.41) is 20.1. The first-order valence-corrected chi connectivity index (χ1v) is 16.7. The first-order valence-electron chi connectivity index (χ1n) is 13.8. The lowest BCUT2D eigenvalue weighted by Crippen LogP contribution is -2.49. The maximum Gasteiger partial charge on any atom is 0.308 e. The molecule has 3 rings (SSSR count). The predicted molar refractivity (Wildman–Crippen MR) is 139 cm³/mol. The lowest BCUT2D eigenvalue weighted by atomic mass is 9.86. The van der Waals surface area contributed by atoms with Gasteiger partial charge in [-0.3, -0.25) is 4.79 Å². The Kier molecular flexibility index (Phi) is 10.4. The number of hydrogen-bond donors (Lipinski definition) is 2. The van der Waals surface area contributed by atoms with Crippen LogP contribution in [0.15, 0.2) is 0 Å². The Morgan fingerprint density at radius 2 is 1.67 bits per heavy atom. The van der Waals surface area contributed by atoms with Crippen LogP contribution in [0.4, 0.5) is 0 Å². The summed E-state index contributed by atoms with van der Waals surface area (Å²) in [7, 11) is -0.264. The SMILES string of the molecule is CO[C@H]1C[C@@H]2C[C@@H](O[Si](C)(C)C(C)(C)C)CC(CC(=O)OC([C@H](O)CO)CC3CC[C@H](C)[C@@H](C1)O3)O2. The number of cyclic esters (lactones) is 1. The molecular weight excluding hydrogens is 480 g/mol. The van der Waals surface area contributed by atoms with Gasteiger partial charge < -0.3 is 33.6 Å². The van der Waals surface area contributed by atoms with Crippen LogP contribution < -0.4 is 0 Å². The highest BCUT2D eigenvalue weighted by molar-refractivity contribution is 6.74. The normalized spacial score (nSPS) is 38.1. The van der Waals surface area contributed by atoms with Gasteiger partial charge in [-0.1, -0.05) is 27.7 Å². The zero-order chi connectivity index (χ0) is 26.7. The van der Waals surface area contributed by atoms with Crippen LogP contribution in [-0.4, -0.2) is 87.0 Å². The number of methoxy groups -OCH3 is 1. The highest BCUT2D eigenvalue weighted by Crippen LogP contribution is 2.40. The molecule has 3 aliphatic heterocycles. The molecule has 3 fully saturated rings. The first kappa shape index (κ1) is 30.0. The van der Waals surface area contributed by atoms with E-state index < -0.39 is 33.1 Å². The summed E-state index contributed by atoms with van der Waals surface area (Å²) in [6.45, 7) is 12.9. The van der Waals surface area contributed by atoms with Crippen molar-refractivity contribution in [1.82, 2.24) is 0 Å². The van der Waals surface area contributed by atoms with E-state index in [1.807, 2.05) is 0 Å². The number of aliphatic hydroxyl groups is 2. The van der Waals surface area contributed by atoms with Gasteiger partial charge in [-0.2, -0.15) is 0 Å². The minimum atomic E-state index is -2.01. The monoisotopic (exact) mass is 530 g/mol. The van der Waals surface area contributed by atoms with E-state index in [1.54, 1.807) is 7.11 Å². The van der Waals surface area contributed by atoms with E-state index in [4.69, 9.17) is 23.4 Å². The van der Waals surface area contributed by atoms with Crippen LogP contribution in [0.2, 0.25) is 18.1 Å². The number of aliphatic hydroxyl groups excluding tert-OH is 2. The third-order valence-electron chi connectivity index (χ3n) is 8.79. The molecule has 3 aliphatic rings. The molecule has 3 unspecified atom stereocenters. The lowest BCUT2D eigenvalue weighted by Gasteiger charge is -2.44. The molecule has 9 heteroatoms. The number of carbonyl (C=O) groups excluding carboxylic acids is 1. The van der Waals surface area contributed by atoms with Gasteiger partial charge in [0.1, 0.15) is 12.2 Å². The molecule has 0 spiro atoms. The molecule has 0 aromatic heterocycles. The van der Waals surface area contributed by atoms with E-state index in [0.717, 1.165) is 32.1 Å². The quantitative estimate of drug-likeness (QED) is 0.407. The number of fused-ring (bicyclic) bond motifs is 4. The fourth-order valence-electron chi connectivity index (χ4n) is 5.49. The third kappa shape index (κ3) is 7.98. The fourth-order valence-corrected chi connectivity index (χ4v) is 6.87. The lowest BCUT2D eigenvalue weighted by molar-refractivity contribution is -0.176. The minimum absolute atomic E-state index is 0.000849. The van der Waals surface area contributed by atoms with Crippen LogP contribution in [0.3, 0.4) is 0 Å². The summed E-state index contributed by atoms with van der Waals surface area (Å²) in [6, 6.07) is 0. The molecule has 0 saturated carbocycles. The molecular formula is C27H50O8Si. The minimum Gasteiger partial charge on any atom is -0.459 e. The summed E-state index contributed by atoms with van der Waals surface area (Å²) < 4.78 is 31.3. The van der Waals surface area contributed by atoms with Crippen molar-refractivity contribution in [2.24, 2.45) is 5.92 Å². The highest BCUT2D eigenvalue weighted by Gasteiger charge is 2.43.